The van der Waals surface area contributed by atoms with Gasteiger partial charge in [0.05, 0.1) is 10.5 Å². The van der Waals surface area contributed by atoms with Crippen molar-refractivity contribution in [3.8, 4) is 0 Å². The molecule has 1 amide bonds. The minimum absolute atomic E-state index is 0.0201. The van der Waals surface area contributed by atoms with Crippen LogP contribution in [0.4, 0.5) is 4.39 Å². The zero-order valence-corrected chi connectivity index (χ0v) is 18.8. The molecule has 3 unspecified atom stereocenters. The summed E-state index contributed by atoms with van der Waals surface area (Å²) in [5.74, 6) is -2.10. The molecule has 1 aliphatic carbocycles. The van der Waals surface area contributed by atoms with Crippen LogP contribution in [0.15, 0.2) is 23.1 Å². The van der Waals surface area contributed by atoms with Crippen LogP contribution in [0.2, 0.25) is 0 Å². The van der Waals surface area contributed by atoms with Crippen LogP contribution in [0.5, 0.6) is 0 Å². The second kappa shape index (κ2) is 10.3. The molecule has 0 radical (unpaired) electrons. The first-order valence-electron chi connectivity index (χ1n) is 10.4. The highest BCUT2D eigenvalue weighted by atomic mass is 32.2. The molecule has 1 aromatic rings. The molecule has 0 spiro atoms. The van der Waals surface area contributed by atoms with Gasteiger partial charge in [-0.3, -0.25) is 4.79 Å². The molecule has 0 heterocycles. The third-order valence-electron chi connectivity index (χ3n) is 5.59. The van der Waals surface area contributed by atoms with E-state index in [9.17, 15) is 22.4 Å². The Morgan fingerprint density at radius 1 is 1.23 bits per heavy atom. The van der Waals surface area contributed by atoms with Crippen LogP contribution in [0, 0.1) is 11.7 Å². The zero-order valence-electron chi connectivity index (χ0n) is 18.0. The number of sulfonamides is 1. The van der Waals surface area contributed by atoms with Crippen LogP contribution < -0.4 is 5.32 Å². The fourth-order valence-electron chi connectivity index (χ4n) is 3.64. The molecule has 0 bridgehead atoms. The zero-order chi connectivity index (χ0) is 22.5. The number of hydrogen-bond acceptors (Lipinski definition) is 5. The Morgan fingerprint density at radius 2 is 1.87 bits per heavy atom. The summed E-state index contributed by atoms with van der Waals surface area (Å²) < 4.78 is 45.9. The largest absolute Gasteiger partial charge is 0.449 e. The molecule has 1 aliphatic rings. The average molecular weight is 443 g/mol. The van der Waals surface area contributed by atoms with Crippen molar-refractivity contribution >= 4 is 21.9 Å². The first-order valence-corrected chi connectivity index (χ1v) is 11.9. The van der Waals surface area contributed by atoms with E-state index in [4.69, 9.17) is 4.74 Å². The maximum atomic E-state index is 14.2. The molecule has 0 saturated heterocycles. The van der Waals surface area contributed by atoms with Gasteiger partial charge in [-0.2, -0.15) is 4.31 Å². The molecule has 0 aromatic heterocycles. The predicted molar refractivity (Wildman–Crippen MR) is 111 cm³/mol. The van der Waals surface area contributed by atoms with Gasteiger partial charge >= 0.3 is 5.97 Å². The number of esters is 1. The molecule has 30 heavy (non-hydrogen) atoms. The van der Waals surface area contributed by atoms with Gasteiger partial charge < -0.3 is 10.1 Å². The van der Waals surface area contributed by atoms with E-state index < -0.39 is 39.4 Å². The van der Waals surface area contributed by atoms with Crippen LogP contribution >= 0.6 is 0 Å². The van der Waals surface area contributed by atoms with Crippen LogP contribution in [0.25, 0.3) is 0 Å². The summed E-state index contributed by atoms with van der Waals surface area (Å²) in [6, 6.07) is 3.01. The van der Waals surface area contributed by atoms with E-state index in [0.29, 0.717) is 5.92 Å². The Labute approximate surface area is 178 Å². The number of rotatable bonds is 8. The van der Waals surface area contributed by atoms with Crippen molar-refractivity contribution in [2.24, 2.45) is 5.92 Å². The second-order valence-electron chi connectivity index (χ2n) is 7.66. The van der Waals surface area contributed by atoms with Crippen molar-refractivity contribution in [2.75, 3.05) is 13.1 Å². The van der Waals surface area contributed by atoms with Crippen molar-refractivity contribution in [1.29, 1.82) is 0 Å². The van der Waals surface area contributed by atoms with Gasteiger partial charge in [0.1, 0.15) is 5.82 Å². The third kappa shape index (κ3) is 5.57. The summed E-state index contributed by atoms with van der Waals surface area (Å²) in [5.41, 5.74) is -0.520. The molecule has 1 fully saturated rings. The molecule has 9 heteroatoms. The molecule has 168 valence electrons. The first-order chi connectivity index (χ1) is 14.1. The van der Waals surface area contributed by atoms with Gasteiger partial charge in [0.15, 0.2) is 6.10 Å². The van der Waals surface area contributed by atoms with Gasteiger partial charge in [-0.1, -0.05) is 33.6 Å². The van der Waals surface area contributed by atoms with Crippen LogP contribution in [-0.2, 0) is 19.6 Å². The van der Waals surface area contributed by atoms with Crippen LogP contribution in [0.1, 0.15) is 63.7 Å². The van der Waals surface area contributed by atoms with Crippen molar-refractivity contribution in [2.45, 2.75) is 70.4 Å². The summed E-state index contributed by atoms with van der Waals surface area (Å²) >= 11 is 0. The molecule has 2 rings (SSSR count). The van der Waals surface area contributed by atoms with Gasteiger partial charge in [-0.25, -0.2) is 17.6 Å². The summed E-state index contributed by atoms with van der Waals surface area (Å²) in [7, 11) is -3.86. The van der Waals surface area contributed by atoms with Crippen molar-refractivity contribution < 1.29 is 27.1 Å². The Bertz CT molecular complexity index is 870. The lowest BCUT2D eigenvalue weighted by atomic mass is 9.86. The van der Waals surface area contributed by atoms with E-state index >= 15 is 0 Å². The van der Waals surface area contributed by atoms with E-state index in [1.165, 1.54) is 11.2 Å². The fraction of sp³-hybridized carbons (Fsp3) is 0.619. The summed E-state index contributed by atoms with van der Waals surface area (Å²) in [6.07, 6.45) is 2.92. The molecule has 1 saturated carbocycles. The highest BCUT2D eigenvalue weighted by Crippen LogP contribution is 2.24. The Morgan fingerprint density at radius 3 is 2.47 bits per heavy atom. The lowest BCUT2D eigenvalue weighted by Gasteiger charge is -2.30. The van der Waals surface area contributed by atoms with Crippen molar-refractivity contribution in [3.05, 3.63) is 29.6 Å². The van der Waals surface area contributed by atoms with E-state index in [1.807, 2.05) is 0 Å². The summed E-state index contributed by atoms with van der Waals surface area (Å²) in [5, 5.41) is 2.89. The second-order valence-corrected chi connectivity index (χ2v) is 9.59. The standard InChI is InChI=1S/C21H31FN2O5S/c1-5-24(6-2)30(27,28)16-11-12-18(22)17(13-16)21(26)29-15(4)20(25)23-19-10-8-7-9-14(19)3/h11-15,19H,5-10H2,1-4H3,(H,23,25). The van der Waals surface area contributed by atoms with Crippen molar-refractivity contribution in [3.63, 3.8) is 0 Å². The maximum Gasteiger partial charge on any atom is 0.341 e. The van der Waals surface area contributed by atoms with E-state index in [2.05, 4.69) is 12.2 Å². The number of nitrogens with zero attached hydrogens (tertiary/aromatic N) is 1. The maximum absolute atomic E-state index is 14.2. The molecule has 7 nitrogen and oxygen atoms in total. The predicted octanol–water partition coefficient (Wildman–Crippen LogP) is 3.10. The van der Waals surface area contributed by atoms with E-state index in [1.54, 1.807) is 13.8 Å². The summed E-state index contributed by atoms with van der Waals surface area (Å²) in [6.45, 7) is 7.34. The van der Waals surface area contributed by atoms with Crippen LogP contribution in [-0.4, -0.2) is 49.8 Å². The van der Waals surface area contributed by atoms with Crippen LogP contribution in [0.3, 0.4) is 0 Å². The van der Waals surface area contributed by atoms with Gasteiger partial charge in [0.2, 0.25) is 10.0 Å². The molecule has 3 atom stereocenters. The molecular weight excluding hydrogens is 411 g/mol. The fourth-order valence-corrected chi connectivity index (χ4v) is 5.13. The first kappa shape index (κ1) is 24.3. The smallest absolute Gasteiger partial charge is 0.341 e. The summed E-state index contributed by atoms with van der Waals surface area (Å²) in [4.78, 5) is 24.7. The molecule has 1 aromatic carbocycles. The Hall–Kier alpha value is -2.00. The van der Waals surface area contributed by atoms with E-state index in [-0.39, 0.29) is 24.0 Å². The number of hydrogen-bond donors (Lipinski definition) is 1. The lowest BCUT2D eigenvalue weighted by molar-refractivity contribution is -0.130. The number of benzene rings is 1. The van der Waals surface area contributed by atoms with Gasteiger partial charge in [0.25, 0.3) is 5.91 Å². The van der Waals surface area contributed by atoms with Crippen molar-refractivity contribution in [1.82, 2.24) is 9.62 Å². The van der Waals surface area contributed by atoms with Gasteiger partial charge in [-0.15, -0.1) is 0 Å². The number of carbonyl (C=O) groups is 2. The average Bonchev–Trinajstić information content (AvgIpc) is 2.70. The Kier molecular flexibility index (Phi) is 8.37. The lowest BCUT2D eigenvalue weighted by Crippen LogP contribution is -2.46. The molecule has 1 N–H and O–H groups in total. The quantitative estimate of drug-likeness (QED) is 0.625. The number of halogens is 1. The monoisotopic (exact) mass is 442 g/mol. The number of amides is 1. The minimum atomic E-state index is -3.86. The third-order valence-corrected chi connectivity index (χ3v) is 7.64. The molecule has 0 aliphatic heterocycles. The van der Waals surface area contributed by atoms with Gasteiger partial charge in [0, 0.05) is 19.1 Å². The minimum Gasteiger partial charge on any atom is -0.449 e. The SMILES string of the molecule is CCN(CC)S(=O)(=O)c1ccc(F)c(C(=O)OC(C)C(=O)NC2CCCCC2C)c1. The van der Waals surface area contributed by atoms with Gasteiger partial charge in [-0.05, 0) is 43.9 Å². The normalized spacial score (nSPS) is 20.6. The number of carbonyl (C=O) groups excluding carboxylic acids is 2. The number of ether oxygens (including phenoxy) is 1. The highest BCUT2D eigenvalue weighted by molar-refractivity contribution is 7.89. The molecular formula is C21H31FN2O5S. The number of nitrogens with one attached hydrogen (secondary N) is 1. The highest BCUT2D eigenvalue weighted by Gasteiger charge is 2.28. The van der Waals surface area contributed by atoms with E-state index in [0.717, 1.165) is 43.9 Å². The Balaban J connectivity index is 2.13. The topological polar surface area (TPSA) is 92.8 Å².